The molecule has 0 atom stereocenters. The highest BCUT2D eigenvalue weighted by Gasteiger charge is 2.33. The molecule has 0 N–H and O–H groups in total. The third-order valence-corrected chi connectivity index (χ3v) is 20.9. The molecule has 13 aromatic rings. The van der Waals surface area contributed by atoms with Crippen LogP contribution in [0.5, 0.6) is 0 Å². The van der Waals surface area contributed by atoms with Gasteiger partial charge < -0.3 is 23.0 Å². The molecule has 4 heterocycles. The van der Waals surface area contributed by atoms with Gasteiger partial charge in [0.2, 0.25) is 0 Å². The van der Waals surface area contributed by atoms with Crippen molar-refractivity contribution in [2.75, 3.05) is 9.80 Å². The summed E-state index contributed by atoms with van der Waals surface area (Å²) in [5, 5.41) is 9.19. The number of hydrogen-bond acceptors (Lipinski definition) is 4. The Kier molecular flexibility index (Phi) is 12.2. The molecule has 0 amide bonds. The van der Waals surface area contributed by atoms with Crippen LogP contribution in [0.4, 0.5) is 34.1 Å². The molecule has 0 bridgehead atoms. The predicted octanol–water partition coefficient (Wildman–Crippen LogP) is 23.8. The van der Waals surface area contributed by atoms with Gasteiger partial charge in [0, 0.05) is 65.8 Å². The average molecular weight is 1080 g/mol. The number of aromatic nitrogens is 1. The molecule has 4 aromatic heterocycles. The van der Waals surface area contributed by atoms with E-state index in [-0.39, 0.29) is 0 Å². The summed E-state index contributed by atoms with van der Waals surface area (Å²) < 4.78 is 17.2. The number of fused-ring (bicyclic) bond motifs is 14. The van der Waals surface area contributed by atoms with Gasteiger partial charge in [-0.2, -0.15) is 0 Å². The van der Waals surface area contributed by atoms with E-state index in [4.69, 9.17) is 8.83 Å². The second-order valence-corrected chi connectivity index (χ2v) is 25.6. The maximum atomic E-state index is 7.32. The zero-order valence-electron chi connectivity index (χ0n) is 47.9. The Balaban J connectivity index is 0.961. The van der Waals surface area contributed by atoms with Gasteiger partial charge in [-0.05, 0) is 170 Å². The van der Waals surface area contributed by atoms with Gasteiger partial charge in [-0.15, -0.1) is 0 Å². The molecule has 0 aliphatic heterocycles. The molecule has 0 radical (unpaired) electrons. The maximum Gasteiger partial charge on any atom is 0.160 e. The molecule has 4 saturated carbocycles. The van der Waals surface area contributed by atoms with Gasteiger partial charge in [-0.3, -0.25) is 0 Å². The molecule has 5 heteroatoms. The topological polar surface area (TPSA) is 37.2 Å². The lowest BCUT2D eigenvalue weighted by molar-refractivity contribution is 0.443. The third-order valence-electron chi connectivity index (χ3n) is 20.9. The van der Waals surface area contributed by atoms with E-state index in [0.717, 1.165) is 66.3 Å². The van der Waals surface area contributed by atoms with Crippen LogP contribution in [0.25, 0.3) is 82.0 Å². The number of para-hydroxylation sites is 3. The average Bonchev–Trinajstić information content (AvgIpc) is 3.41. The zero-order valence-corrected chi connectivity index (χ0v) is 47.9. The summed E-state index contributed by atoms with van der Waals surface area (Å²) in [6.07, 6.45) is 26.1. The number of anilines is 6. The van der Waals surface area contributed by atoms with E-state index in [1.54, 1.807) is 0 Å². The molecule has 0 spiro atoms. The summed E-state index contributed by atoms with van der Waals surface area (Å²) in [6, 6.07) is 68.1. The van der Waals surface area contributed by atoms with Gasteiger partial charge in [0.25, 0.3) is 0 Å². The highest BCUT2D eigenvalue weighted by Crippen LogP contribution is 2.55. The predicted molar refractivity (Wildman–Crippen MR) is 348 cm³/mol. The van der Waals surface area contributed by atoms with Crippen molar-refractivity contribution >= 4 is 116 Å². The zero-order chi connectivity index (χ0) is 54.5. The number of hydrogen-bond donors (Lipinski definition) is 0. The van der Waals surface area contributed by atoms with Crippen LogP contribution in [-0.2, 0) is 0 Å². The SMILES string of the molecule is c1ccc2c(c1)oc1c2cc(N(c2ccc(C3CCCCC3)cc2)c2ccc(C3CCCCC3)cc2)c2c3cccc4c5c(N(c6ccc(C7CCCCC7)cc6)c6ccc(C7CCCCC7)cc6)cc6c7ccccc7oc6c5n(c34)c12. The Morgan fingerprint density at radius 2 is 0.590 bits per heavy atom. The van der Waals surface area contributed by atoms with Crippen LogP contribution in [0.3, 0.4) is 0 Å². The first-order valence-corrected chi connectivity index (χ1v) is 32.1. The lowest BCUT2D eigenvalue weighted by Gasteiger charge is -2.29. The normalized spacial score (nSPS) is 17.4. The van der Waals surface area contributed by atoms with Gasteiger partial charge in [-0.25, -0.2) is 0 Å². The number of furan rings is 2. The summed E-state index contributed by atoms with van der Waals surface area (Å²) in [7, 11) is 0. The maximum absolute atomic E-state index is 7.32. The first kappa shape index (κ1) is 49.6. The van der Waals surface area contributed by atoms with Gasteiger partial charge >= 0.3 is 0 Å². The fourth-order valence-corrected chi connectivity index (χ4v) is 16.7. The molecule has 0 saturated heterocycles. The molecular formula is C78H73N3O2. The highest BCUT2D eigenvalue weighted by atomic mass is 16.3. The van der Waals surface area contributed by atoms with Crippen molar-refractivity contribution in [3.05, 3.63) is 198 Å². The molecule has 4 aliphatic carbocycles. The Morgan fingerprint density at radius 3 is 0.916 bits per heavy atom. The molecule has 0 unspecified atom stereocenters. The van der Waals surface area contributed by atoms with Crippen LogP contribution in [0.15, 0.2) is 185 Å². The first-order valence-electron chi connectivity index (χ1n) is 32.1. The molecular weight excluding hydrogens is 1010 g/mol. The molecule has 17 rings (SSSR count). The fraction of sp³-hybridized carbons (Fsp3) is 0.308. The van der Waals surface area contributed by atoms with Gasteiger partial charge in [0.05, 0.1) is 16.9 Å². The largest absolute Gasteiger partial charge is 0.454 e. The molecule has 5 nitrogen and oxygen atoms in total. The fourth-order valence-electron chi connectivity index (χ4n) is 16.7. The summed E-state index contributed by atoms with van der Waals surface area (Å²) in [5.74, 6) is 2.48. The van der Waals surface area contributed by atoms with Crippen molar-refractivity contribution in [2.45, 2.75) is 152 Å². The monoisotopic (exact) mass is 1080 g/mol. The third kappa shape index (κ3) is 8.22. The second kappa shape index (κ2) is 20.4. The van der Waals surface area contributed by atoms with E-state index in [9.17, 15) is 0 Å². The second-order valence-electron chi connectivity index (χ2n) is 25.6. The van der Waals surface area contributed by atoms with Gasteiger partial charge in [0.1, 0.15) is 22.2 Å². The standard InChI is InChI=1S/C78H73N3O2/c1-5-18-50(19-6-1)54-32-40-58(41-33-54)79(59-42-34-55(35-43-59)51-20-7-2-8-21-51)68-48-66-62-26-13-15-30-70(62)82-77(66)75-72(68)64-28-17-29-65-73-69(49-67-63-27-14-16-31-71(63)83-78(67)76(73)81(75)74(64)65)80(60-44-36-56(37-45-60)52-22-9-3-10-23-52)61-46-38-57(39-47-61)53-24-11-4-12-25-53/h13-17,26-53H,1-12,18-25H2. The van der Waals surface area contributed by atoms with Crippen LogP contribution < -0.4 is 9.80 Å². The number of nitrogens with zero attached hydrogens (tertiary/aromatic N) is 3. The molecule has 83 heavy (non-hydrogen) atoms. The van der Waals surface area contributed by atoms with Crippen molar-refractivity contribution in [1.29, 1.82) is 0 Å². The van der Waals surface area contributed by atoms with Crippen LogP contribution >= 0.6 is 0 Å². The number of rotatable bonds is 10. The summed E-state index contributed by atoms with van der Waals surface area (Å²) in [4.78, 5) is 5.14. The quantitative estimate of drug-likeness (QED) is 0.137. The Morgan fingerprint density at radius 1 is 0.289 bits per heavy atom. The molecule has 9 aromatic carbocycles. The Hall–Kier alpha value is -8.02. The minimum Gasteiger partial charge on any atom is -0.454 e. The Labute approximate surface area is 486 Å². The molecule has 4 aliphatic rings. The van der Waals surface area contributed by atoms with E-state index in [2.05, 4.69) is 190 Å². The van der Waals surface area contributed by atoms with E-state index in [1.165, 1.54) is 200 Å². The molecule has 412 valence electrons. The number of benzene rings is 9. The van der Waals surface area contributed by atoms with Crippen molar-refractivity contribution in [3.8, 4) is 0 Å². The lowest BCUT2D eigenvalue weighted by Crippen LogP contribution is -2.12. The molecule has 4 fully saturated rings. The summed E-state index contributed by atoms with van der Waals surface area (Å²) >= 11 is 0. The smallest absolute Gasteiger partial charge is 0.160 e. The van der Waals surface area contributed by atoms with E-state index in [1.807, 2.05) is 0 Å². The van der Waals surface area contributed by atoms with Crippen LogP contribution in [0, 0.1) is 0 Å². The van der Waals surface area contributed by atoms with E-state index in [0.29, 0.717) is 23.7 Å². The minimum atomic E-state index is 0.619. The Bertz CT molecular complexity index is 4110. The van der Waals surface area contributed by atoms with Gasteiger partial charge in [0.15, 0.2) is 11.2 Å². The van der Waals surface area contributed by atoms with E-state index >= 15 is 0 Å². The van der Waals surface area contributed by atoms with Crippen molar-refractivity contribution in [3.63, 3.8) is 0 Å². The first-order chi connectivity index (χ1) is 41.2. The lowest BCUT2D eigenvalue weighted by atomic mass is 9.84. The van der Waals surface area contributed by atoms with Crippen molar-refractivity contribution in [1.82, 2.24) is 4.40 Å². The van der Waals surface area contributed by atoms with Crippen LogP contribution in [0.1, 0.15) is 174 Å². The van der Waals surface area contributed by atoms with Crippen LogP contribution in [-0.4, -0.2) is 4.40 Å². The van der Waals surface area contributed by atoms with E-state index < -0.39 is 0 Å². The highest BCUT2D eigenvalue weighted by molar-refractivity contribution is 6.36. The minimum absolute atomic E-state index is 0.619. The summed E-state index contributed by atoms with van der Waals surface area (Å²) in [5.41, 5.74) is 19.7. The van der Waals surface area contributed by atoms with Crippen LogP contribution in [0.2, 0.25) is 0 Å². The van der Waals surface area contributed by atoms with Crippen molar-refractivity contribution < 1.29 is 8.83 Å². The summed E-state index contributed by atoms with van der Waals surface area (Å²) in [6.45, 7) is 0. The van der Waals surface area contributed by atoms with Gasteiger partial charge in [-0.1, -0.05) is 180 Å². The van der Waals surface area contributed by atoms with Crippen molar-refractivity contribution in [2.24, 2.45) is 0 Å².